The summed E-state index contributed by atoms with van der Waals surface area (Å²) >= 11 is 0. The lowest BCUT2D eigenvalue weighted by atomic mass is 10.1. The molecular weight excluding hydrogens is 259 g/mol. The number of rotatable bonds is 4. The zero-order valence-electron chi connectivity index (χ0n) is 10.2. The van der Waals surface area contributed by atoms with Gasteiger partial charge in [-0.2, -0.15) is 0 Å². The van der Waals surface area contributed by atoms with Gasteiger partial charge in [-0.1, -0.05) is 6.92 Å². The van der Waals surface area contributed by atoms with E-state index >= 15 is 0 Å². The van der Waals surface area contributed by atoms with Gasteiger partial charge in [0.2, 0.25) is 10.0 Å². The Hall–Kier alpha value is -1.47. The van der Waals surface area contributed by atoms with Crippen LogP contribution in [0.5, 0.6) is 0 Å². The van der Waals surface area contributed by atoms with Crippen molar-refractivity contribution in [2.75, 3.05) is 6.54 Å². The molecule has 100 valence electrons. The van der Waals surface area contributed by atoms with Crippen LogP contribution in [0.25, 0.3) is 0 Å². The van der Waals surface area contributed by atoms with Gasteiger partial charge in [0, 0.05) is 6.54 Å². The molecular formula is C11H15FN2O3S. The molecule has 1 aromatic rings. The maximum absolute atomic E-state index is 13.6. The summed E-state index contributed by atoms with van der Waals surface area (Å²) in [7, 11) is -3.97. The van der Waals surface area contributed by atoms with Gasteiger partial charge in [-0.25, -0.2) is 17.9 Å². The van der Waals surface area contributed by atoms with Gasteiger partial charge in [-0.15, -0.1) is 0 Å². The minimum Gasteiger partial charge on any atom is -0.352 e. The molecule has 1 amide bonds. The fourth-order valence-electron chi connectivity index (χ4n) is 1.47. The van der Waals surface area contributed by atoms with E-state index in [2.05, 4.69) is 5.32 Å². The maximum atomic E-state index is 13.6. The Bertz CT molecular complexity index is 570. The molecule has 3 N–H and O–H groups in total. The number of hydrogen-bond donors (Lipinski definition) is 2. The molecule has 0 bridgehead atoms. The number of halogens is 1. The van der Waals surface area contributed by atoms with Gasteiger partial charge >= 0.3 is 0 Å². The smallest absolute Gasteiger partial charge is 0.254 e. The predicted octanol–water partition coefficient (Wildman–Crippen LogP) is 0.921. The van der Waals surface area contributed by atoms with Crippen molar-refractivity contribution in [2.45, 2.75) is 25.2 Å². The number of aryl methyl sites for hydroxylation is 1. The summed E-state index contributed by atoms with van der Waals surface area (Å²) in [6.07, 6.45) is 0.696. The third-order valence-electron chi connectivity index (χ3n) is 2.35. The van der Waals surface area contributed by atoms with Gasteiger partial charge in [0.25, 0.3) is 5.91 Å². The fraction of sp³-hybridized carbons (Fsp3) is 0.364. The average Bonchev–Trinajstić information content (AvgIpc) is 2.24. The summed E-state index contributed by atoms with van der Waals surface area (Å²) in [5.74, 6) is -1.42. The average molecular weight is 274 g/mol. The number of nitrogens with two attached hydrogens (primary N) is 1. The van der Waals surface area contributed by atoms with Crippen molar-refractivity contribution in [1.82, 2.24) is 5.32 Å². The number of hydrogen-bond acceptors (Lipinski definition) is 3. The molecule has 0 aliphatic rings. The minimum atomic E-state index is -3.97. The monoisotopic (exact) mass is 274 g/mol. The van der Waals surface area contributed by atoms with E-state index in [1.165, 1.54) is 6.92 Å². The van der Waals surface area contributed by atoms with Crippen LogP contribution < -0.4 is 10.5 Å². The standard InChI is InChI=1S/C11H15FN2O3S/c1-3-4-14-11(15)8-6-10(18(13,16)17)7(2)5-9(8)12/h5-6H,3-4H2,1-2H3,(H,14,15)(H2,13,16,17). The van der Waals surface area contributed by atoms with Crippen LogP contribution in [0.15, 0.2) is 17.0 Å². The number of benzene rings is 1. The Balaban J connectivity index is 3.26. The number of primary sulfonamides is 1. The van der Waals surface area contributed by atoms with E-state index in [9.17, 15) is 17.6 Å². The SMILES string of the molecule is CCCNC(=O)c1cc(S(N)(=O)=O)c(C)cc1F. The maximum Gasteiger partial charge on any atom is 0.254 e. The summed E-state index contributed by atoms with van der Waals surface area (Å²) < 4.78 is 36.2. The van der Waals surface area contributed by atoms with Gasteiger partial charge in [0.05, 0.1) is 10.5 Å². The molecule has 18 heavy (non-hydrogen) atoms. The van der Waals surface area contributed by atoms with Crippen LogP contribution >= 0.6 is 0 Å². The summed E-state index contributed by atoms with van der Waals surface area (Å²) in [6, 6.07) is 1.95. The highest BCUT2D eigenvalue weighted by atomic mass is 32.2. The van der Waals surface area contributed by atoms with Crippen molar-refractivity contribution in [3.8, 4) is 0 Å². The van der Waals surface area contributed by atoms with Crippen molar-refractivity contribution in [3.05, 3.63) is 29.1 Å². The first-order valence-corrected chi connectivity index (χ1v) is 6.93. The molecule has 0 aromatic heterocycles. The second kappa shape index (κ2) is 5.45. The highest BCUT2D eigenvalue weighted by molar-refractivity contribution is 7.89. The number of sulfonamides is 1. The first-order valence-electron chi connectivity index (χ1n) is 5.38. The van der Waals surface area contributed by atoms with Gasteiger partial charge in [0.1, 0.15) is 5.82 Å². The topological polar surface area (TPSA) is 89.3 Å². The lowest BCUT2D eigenvalue weighted by Crippen LogP contribution is -2.26. The normalized spacial score (nSPS) is 11.3. The number of carbonyl (C=O) groups is 1. The first-order chi connectivity index (χ1) is 8.27. The molecule has 5 nitrogen and oxygen atoms in total. The minimum absolute atomic E-state index is 0.169. The van der Waals surface area contributed by atoms with E-state index in [-0.39, 0.29) is 16.0 Å². The van der Waals surface area contributed by atoms with Gasteiger partial charge < -0.3 is 5.32 Å². The molecule has 0 heterocycles. The Morgan fingerprint density at radius 2 is 2.06 bits per heavy atom. The highest BCUT2D eigenvalue weighted by Gasteiger charge is 2.19. The van der Waals surface area contributed by atoms with Crippen molar-refractivity contribution in [3.63, 3.8) is 0 Å². The molecule has 1 aromatic carbocycles. The molecule has 0 fully saturated rings. The van der Waals surface area contributed by atoms with Crippen LogP contribution in [-0.2, 0) is 10.0 Å². The number of carbonyl (C=O) groups excluding carboxylic acids is 1. The van der Waals surface area contributed by atoms with E-state index in [1.807, 2.05) is 6.92 Å². The molecule has 7 heteroatoms. The third kappa shape index (κ3) is 3.27. The van der Waals surface area contributed by atoms with Gasteiger partial charge in [0.15, 0.2) is 0 Å². The Kier molecular flexibility index (Phi) is 4.42. The largest absolute Gasteiger partial charge is 0.352 e. The zero-order chi connectivity index (χ0) is 13.9. The predicted molar refractivity (Wildman–Crippen MR) is 65.1 cm³/mol. The van der Waals surface area contributed by atoms with Gasteiger partial charge in [-0.05, 0) is 31.0 Å². The lowest BCUT2D eigenvalue weighted by Gasteiger charge is -2.09. The van der Waals surface area contributed by atoms with Crippen molar-refractivity contribution < 1.29 is 17.6 Å². The zero-order valence-corrected chi connectivity index (χ0v) is 11.0. The number of amides is 1. The molecule has 0 aliphatic carbocycles. The van der Waals surface area contributed by atoms with Crippen molar-refractivity contribution in [2.24, 2.45) is 5.14 Å². The molecule has 0 aliphatic heterocycles. The Morgan fingerprint density at radius 3 is 2.56 bits per heavy atom. The van der Waals surface area contributed by atoms with Crippen LogP contribution in [0.1, 0.15) is 29.3 Å². The van der Waals surface area contributed by atoms with Crippen molar-refractivity contribution >= 4 is 15.9 Å². The quantitative estimate of drug-likeness (QED) is 0.855. The fourth-order valence-corrected chi connectivity index (χ4v) is 2.26. The second-order valence-electron chi connectivity index (χ2n) is 3.90. The van der Waals surface area contributed by atoms with Crippen LogP contribution in [0.4, 0.5) is 4.39 Å². The van der Waals surface area contributed by atoms with Gasteiger partial charge in [-0.3, -0.25) is 4.79 Å². The summed E-state index contributed by atoms with van der Waals surface area (Å²) in [5, 5.41) is 7.47. The summed E-state index contributed by atoms with van der Waals surface area (Å²) in [4.78, 5) is 11.4. The van der Waals surface area contributed by atoms with E-state index in [0.29, 0.717) is 13.0 Å². The van der Waals surface area contributed by atoms with E-state index in [1.54, 1.807) is 0 Å². The summed E-state index contributed by atoms with van der Waals surface area (Å²) in [5.41, 5.74) is -0.153. The van der Waals surface area contributed by atoms with E-state index in [4.69, 9.17) is 5.14 Å². The van der Waals surface area contributed by atoms with Crippen LogP contribution in [0.3, 0.4) is 0 Å². The van der Waals surface area contributed by atoms with Crippen LogP contribution in [0, 0.1) is 12.7 Å². The molecule has 0 spiro atoms. The van der Waals surface area contributed by atoms with Crippen LogP contribution in [0.2, 0.25) is 0 Å². The first kappa shape index (κ1) is 14.6. The third-order valence-corrected chi connectivity index (χ3v) is 3.40. The Labute approximate surface area is 105 Å². The molecule has 1 rings (SSSR count). The van der Waals surface area contributed by atoms with Crippen molar-refractivity contribution in [1.29, 1.82) is 0 Å². The molecule has 0 saturated carbocycles. The molecule has 0 unspecified atom stereocenters. The molecule has 0 saturated heterocycles. The number of nitrogens with one attached hydrogen (secondary N) is 1. The van der Waals surface area contributed by atoms with Crippen LogP contribution in [-0.4, -0.2) is 20.9 Å². The second-order valence-corrected chi connectivity index (χ2v) is 5.43. The lowest BCUT2D eigenvalue weighted by molar-refractivity contribution is 0.0949. The highest BCUT2D eigenvalue weighted by Crippen LogP contribution is 2.19. The Morgan fingerprint density at radius 1 is 1.44 bits per heavy atom. The van der Waals surface area contributed by atoms with E-state index in [0.717, 1.165) is 12.1 Å². The molecule has 0 radical (unpaired) electrons. The summed E-state index contributed by atoms with van der Waals surface area (Å²) in [6.45, 7) is 3.65. The van der Waals surface area contributed by atoms with E-state index < -0.39 is 21.7 Å². The molecule has 0 atom stereocenters.